The Labute approximate surface area is 305 Å². The van der Waals surface area contributed by atoms with Gasteiger partial charge in [-0.05, 0) is 98.1 Å². The number of alkyl carbamates (subject to hydrolysis) is 1. The third kappa shape index (κ3) is 11.5. The monoisotopic (exact) mass is 709 g/mol. The summed E-state index contributed by atoms with van der Waals surface area (Å²) < 4.78 is 13.0. The fourth-order valence-corrected chi connectivity index (χ4v) is 7.44. The normalized spacial score (nSPS) is 13.9. The summed E-state index contributed by atoms with van der Waals surface area (Å²) in [5.41, 5.74) is 4.34. The molecule has 0 aliphatic rings. The van der Waals surface area contributed by atoms with Gasteiger partial charge in [0.2, 0.25) is 0 Å². The van der Waals surface area contributed by atoms with Crippen molar-refractivity contribution < 1.29 is 23.9 Å². The molecule has 0 unspecified atom stereocenters. The number of amides is 2. The van der Waals surface area contributed by atoms with E-state index in [0.29, 0.717) is 19.3 Å². The van der Waals surface area contributed by atoms with Crippen molar-refractivity contribution in [3.63, 3.8) is 0 Å². The molecule has 1 heterocycles. The number of pyridine rings is 1. The molecule has 8 nitrogen and oxygen atoms in total. The fraction of sp³-hybridized carbons (Fsp3) is 0.405. The Morgan fingerprint density at radius 3 is 1.82 bits per heavy atom. The van der Waals surface area contributed by atoms with Crippen LogP contribution in [0.25, 0.3) is 11.1 Å². The molecule has 0 aliphatic carbocycles. The van der Waals surface area contributed by atoms with Gasteiger partial charge in [0.05, 0.1) is 12.1 Å². The Morgan fingerprint density at radius 2 is 1.29 bits per heavy atom. The van der Waals surface area contributed by atoms with E-state index in [2.05, 4.69) is 68.4 Å². The SMILES string of the molecule is CC(C)(C)N(C(=O)O)[C@@H](Cc1ccccc1)[C@H](C[C@H](Cc1ccc(-c2ccncc2)cc1)NC(=O)OCc1ccccc1)O[Si](C)(C)C(C)(C)C. The molecule has 0 saturated heterocycles. The van der Waals surface area contributed by atoms with Crippen molar-refractivity contribution in [3.8, 4) is 11.1 Å². The van der Waals surface area contributed by atoms with Crippen molar-refractivity contribution in [2.45, 2.75) is 109 Å². The van der Waals surface area contributed by atoms with Crippen LogP contribution in [0.2, 0.25) is 18.1 Å². The summed E-state index contributed by atoms with van der Waals surface area (Å²) in [5.74, 6) is 0. The Hall–Kier alpha value is -4.47. The van der Waals surface area contributed by atoms with Crippen molar-refractivity contribution in [2.75, 3.05) is 0 Å². The van der Waals surface area contributed by atoms with Crippen molar-refractivity contribution in [2.24, 2.45) is 0 Å². The quantitative estimate of drug-likeness (QED) is 0.127. The minimum absolute atomic E-state index is 0.136. The summed E-state index contributed by atoms with van der Waals surface area (Å²) in [6, 6.07) is 30.8. The van der Waals surface area contributed by atoms with E-state index < -0.39 is 44.2 Å². The maximum Gasteiger partial charge on any atom is 0.408 e. The highest BCUT2D eigenvalue weighted by Gasteiger charge is 2.45. The van der Waals surface area contributed by atoms with Crippen LogP contribution in [0.1, 0.15) is 64.7 Å². The molecule has 1 aromatic heterocycles. The maximum absolute atomic E-state index is 13.5. The predicted octanol–water partition coefficient (Wildman–Crippen LogP) is 9.76. The number of rotatable bonds is 14. The van der Waals surface area contributed by atoms with E-state index in [-0.39, 0.29) is 11.6 Å². The molecule has 0 bridgehead atoms. The minimum atomic E-state index is -2.46. The highest BCUT2D eigenvalue weighted by molar-refractivity contribution is 6.74. The first-order chi connectivity index (χ1) is 24.0. The van der Waals surface area contributed by atoms with Gasteiger partial charge in [-0.25, -0.2) is 9.59 Å². The molecule has 4 aromatic rings. The number of carbonyl (C=O) groups is 2. The summed E-state index contributed by atoms with van der Waals surface area (Å²) >= 11 is 0. The van der Waals surface area contributed by atoms with Gasteiger partial charge < -0.3 is 19.6 Å². The number of hydrogen-bond donors (Lipinski definition) is 2. The van der Waals surface area contributed by atoms with Crippen molar-refractivity contribution >= 4 is 20.5 Å². The van der Waals surface area contributed by atoms with E-state index in [1.807, 2.05) is 93.6 Å². The number of hydrogen-bond acceptors (Lipinski definition) is 5. The van der Waals surface area contributed by atoms with Gasteiger partial charge >= 0.3 is 12.2 Å². The molecule has 3 aromatic carbocycles. The van der Waals surface area contributed by atoms with Crippen LogP contribution in [-0.4, -0.2) is 59.2 Å². The Bertz CT molecular complexity index is 1670. The molecule has 272 valence electrons. The van der Waals surface area contributed by atoms with Crippen LogP contribution >= 0.6 is 0 Å². The van der Waals surface area contributed by atoms with Gasteiger partial charge in [0.1, 0.15) is 6.61 Å². The molecule has 2 N–H and O–H groups in total. The van der Waals surface area contributed by atoms with Crippen LogP contribution in [0.3, 0.4) is 0 Å². The maximum atomic E-state index is 13.5. The van der Waals surface area contributed by atoms with Crippen LogP contribution in [0.15, 0.2) is 109 Å². The van der Waals surface area contributed by atoms with Crippen molar-refractivity contribution in [1.29, 1.82) is 0 Å². The lowest BCUT2D eigenvalue weighted by molar-refractivity contribution is 0.00542. The van der Waals surface area contributed by atoms with Gasteiger partial charge in [-0.2, -0.15) is 0 Å². The lowest BCUT2D eigenvalue weighted by Gasteiger charge is -2.47. The highest BCUT2D eigenvalue weighted by atomic mass is 28.4. The van der Waals surface area contributed by atoms with Crippen LogP contribution in [0, 0.1) is 0 Å². The number of benzene rings is 3. The lowest BCUT2D eigenvalue weighted by atomic mass is 9.90. The molecule has 2 amide bonds. The predicted molar refractivity (Wildman–Crippen MR) is 207 cm³/mol. The first-order valence-corrected chi connectivity index (χ1v) is 20.6. The average molecular weight is 710 g/mol. The lowest BCUT2D eigenvalue weighted by Crippen LogP contribution is -2.60. The summed E-state index contributed by atoms with van der Waals surface area (Å²) in [6.07, 6.45) is 2.78. The van der Waals surface area contributed by atoms with Crippen LogP contribution in [0.4, 0.5) is 9.59 Å². The number of nitrogens with one attached hydrogen (secondary N) is 1. The standard InChI is InChI=1S/C42H55N3O5Si/c1-41(2,3)45(40(47)48)37(28-31-15-11-9-12-16-31)38(50-51(7,8)42(4,5)6)29-36(44-39(46)49-30-33-17-13-10-14-18-33)27-32-19-21-34(22-20-32)35-23-25-43-26-24-35/h9-26,36-38H,27-30H2,1-8H3,(H,44,46)(H,47,48)/t36-,37-,38-/m0/s1. The van der Waals surface area contributed by atoms with E-state index in [1.165, 1.54) is 0 Å². The molecule has 9 heteroatoms. The van der Waals surface area contributed by atoms with E-state index in [9.17, 15) is 14.7 Å². The van der Waals surface area contributed by atoms with Crippen molar-refractivity contribution in [3.05, 3.63) is 126 Å². The second-order valence-electron chi connectivity index (χ2n) is 15.8. The second-order valence-corrected chi connectivity index (χ2v) is 20.5. The van der Waals surface area contributed by atoms with E-state index >= 15 is 0 Å². The molecular weight excluding hydrogens is 655 g/mol. The second kappa shape index (κ2) is 17.2. The number of aromatic nitrogens is 1. The van der Waals surface area contributed by atoms with Gasteiger partial charge in [0, 0.05) is 24.0 Å². The van der Waals surface area contributed by atoms with Gasteiger partial charge in [0.25, 0.3) is 0 Å². The van der Waals surface area contributed by atoms with Gasteiger partial charge in [-0.15, -0.1) is 0 Å². The van der Waals surface area contributed by atoms with E-state index in [1.54, 1.807) is 17.3 Å². The largest absolute Gasteiger partial charge is 0.465 e. The third-order valence-corrected chi connectivity index (χ3v) is 14.2. The van der Waals surface area contributed by atoms with E-state index in [0.717, 1.165) is 27.8 Å². The smallest absolute Gasteiger partial charge is 0.408 e. The third-order valence-electron chi connectivity index (χ3n) is 9.73. The molecule has 0 aliphatic heterocycles. The van der Waals surface area contributed by atoms with Crippen LogP contribution in [0.5, 0.6) is 0 Å². The van der Waals surface area contributed by atoms with Crippen LogP contribution in [-0.2, 0) is 28.6 Å². The zero-order valence-electron chi connectivity index (χ0n) is 31.4. The Morgan fingerprint density at radius 1 is 0.765 bits per heavy atom. The highest BCUT2D eigenvalue weighted by Crippen LogP contribution is 2.39. The Kier molecular flexibility index (Phi) is 13.2. The summed E-state index contributed by atoms with van der Waals surface area (Å²) in [4.78, 5) is 32.3. The average Bonchev–Trinajstić information content (AvgIpc) is 3.07. The number of carbonyl (C=O) groups excluding carboxylic acids is 1. The molecule has 51 heavy (non-hydrogen) atoms. The fourth-order valence-electron chi connectivity index (χ4n) is 6.08. The zero-order valence-corrected chi connectivity index (χ0v) is 32.4. The Balaban J connectivity index is 1.74. The molecule has 0 saturated carbocycles. The number of ether oxygens (including phenoxy) is 1. The molecule has 0 radical (unpaired) electrons. The van der Waals surface area contributed by atoms with Crippen LogP contribution < -0.4 is 5.32 Å². The first kappa shape index (κ1) is 39.3. The van der Waals surface area contributed by atoms with Gasteiger partial charge in [-0.3, -0.25) is 9.88 Å². The molecule has 0 spiro atoms. The van der Waals surface area contributed by atoms with Crippen molar-refractivity contribution in [1.82, 2.24) is 15.2 Å². The molecule has 4 rings (SSSR count). The summed E-state index contributed by atoms with van der Waals surface area (Å²) in [7, 11) is -2.46. The summed E-state index contributed by atoms with van der Waals surface area (Å²) in [5, 5.41) is 13.8. The summed E-state index contributed by atoms with van der Waals surface area (Å²) in [6.45, 7) is 16.8. The van der Waals surface area contributed by atoms with Gasteiger partial charge in [-0.1, -0.05) is 106 Å². The van der Waals surface area contributed by atoms with Gasteiger partial charge in [0.15, 0.2) is 8.32 Å². The molecular formula is C42H55N3O5Si. The number of nitrogens with zero attached hydrogens (tertiary/aromatic N) is 2. The number of carboxylic acid groups (broad SMARTS) is 1. The molecule has 3 atom stereocenters. The molecule has 0 fully saturated rings. The zero-order chi connectivity index (χ0) is 37.2. The van der Waals surface area contributed by atoms with E-state index in [4.69, 9.17) is 9.16 Å². The topological polar surface area (TPSA) is 101 Å². The first-order valence-electron chi connectivity index (χ1n) is 17.7. The minimum Gasteiger partial charge on any atom is -0.465 e.